The molecule has 0 aromatic heterocycles. The fraction of sp³-hybridized carbons (Fsp3) is 0.182. The number of esters is 1. The van der Waals surface area contributed by atoms with Crippen LogP contribution in [0.4, 0.5) is 8.78 Å². The maximum Gasteiger partial charge on any atom is 0.331 e. The van der Waals surface area contributed by atoms with Crippen molar-refractivity contribution in [2.45, 2.75) is 0 Å². The van der Waals surface area contributed by atoms with Gasteiger partial charge in [0.15, 0.2) is 17.4 Å². The third kappa shape index (κ3) is 2.63. The molecular weight excluding hydrogens is 268 g/mol. The van der Waals surface area contributed by atoms with Crippen molar-refractivity contribution < 1.29 is 23.1 Å². The lowest BCUT2D eigenvalue weighted by Gasteiger charge is -2.08. The number of ketones is 1. The van der Waals surface area contributed by atoms with Gasteiger partial charge in [-0.25, -0.2) is 8.78 Å². The summed E-state index contributed by atoms with van der Waals surface area (Å²) < 4.78 is 30.0. The van der Waals surface area contributed by atoms with Crippen molar-refractivity contribution >= 4 is 23.4 Å². The molecule has 4 nitrogen and oxygen atoms in total. The van der Waals surface area contributed by atoms with Crippen molar-refractivity contribution in [1.29, 1.82) is 5.26 Å². The van der Waals surface area contributed by atoms with Crippen LogP contribution in [0.3, 0.4) is 0 Å². The van der Waals surface area contributed by atoms with E-state index in [0.717, 1.165) is 7.11 Å². The molecule has 18 heavy (non-hydrogen) atoms. The van der Waals surface area contributed by atoms with Crippen molar-refractivity contribution in [3.8, 4) is 6.07 Å². The second-order valence-electron chi connectivity index (χ2n) is 3.20. The Morgan fingerprint density at radius 3 is 2.44 bits per heavy atom. The summed E-state index contributed by atoms with van der Waals surface area (Å²) in [6.45, 7) is 0. The largest absolute Gasteiger partial charge is 0.468 e. The first-order valence-electron chi connectivity index (χ1n) is 4.58. The highest BCUT2D eigenvalue weighted by Crippen LogP contribution is 2.23. The van der Waals surface area contributed by atoms with Crippen LogP contribution in [0.2, 0.25) is 5.02 Å². The van der Waals surface area contributed by atoms with E-state index in [-0.39, 0.29) is 5.02 Å². The SMILES string of the molecule is COC(=O)C(C#N)C(=O)c1cc(F)c(F)cc1Cl. The van der Waals surface area contributed by atoms with Gasteiger partial charge in [-0.2, -0.15) is 5.26 Å². The van der Waals surface area contributed by atoms with Crippen LogP contribution < -0.4 is 0 Å². The number of ether oxygens (including phenoxy) is 1. The highest BCUT2D eigenvalue weighted by molar-refractivity contribution is 6.34. The molecule has 0 heterocycles. The van der Waals surface area contributed by atoms with E-state index in [1.165, 1.54) is 6.07 Å². The van der Waals surface area contributed by atoms with Crippen LogP contribution in [0.1, 0.15) is 10.4 Å². The van der Waals surface area contributed by atoms with Gasteiger partial charge in [0.25, 0.3) is 0 Å². The normalized spacial score (nSPS) is 11.5. The van der Waals surface area contributed by atoms with Gasteiger partial charge >= 0.3 is 5.97 Å². The molecule has 94 valence electrons. The number of hydrogen-bond donors (Lipinski definition) is 0. The number of Topliss-reactive ketones (excluding diaryl/α,β-unsaturated/α-hetero) is 1. The topological polar surface area (TPSA) is 67.2 Å². The van der Waals surface area contributed by atoms with E-state index in [4.69, 9.17) is 16.9 Å². The van der Waals surface area contributed by atoms with E-state index < -0.39 is 34.9 Å². The predicted octanol–water partition coefficient (Wildman–Crippen LogP) is 2.11. The maximum absolute atomic E-state index is 13.0. The highest BCUT2D eigenvalue weighted by atomic mass is 35.5. The van der Waals surface area contributed by atoms with Crippen LogP contribution >= 0.6 is 11.6 Å². The van der Waals surface area contributed by atoms with Crippen molar-refractivity contribution in [2.24, 2.45) is 5.92 Å². The van der Waals surface area contributed by atoms with Crippen LogP contribution in [-0.2, 0) is 9.53 Å². The Bertz CT molecular complexity index is 554. The van der Waals surface area contributed by atoms with Crippen LogP contribution in [0.25, 0.3) is 0 Å². The summed E-state index contributed by atoms with van der Waals surface area (Å²) in [5.74, 6) is -6.44. The number of hydrogen-bond acceptors (Lipinski definition) is 4. The number of carbonyl (C=O) groups excluding carboxylic acids is 2. The van der Waals surface area contributed by atoms with Crippen LogP contribution in [-0.4, -0.2) is 18.9 Å². The van der Waals surface area contributed by atoms with Gasteiger partial charge in [0, 0.05) is 5.56 Å². The first-order chi connectivity index (χ1) is 8.42. The molecule has 0 bridgehead atoms. The van der Waals surface area contributed by atoms with Gasteiger partial charge < -0.3 is 4.74 Å². The summed E-state index contributed by atoms with van der Waals surface area (Å²) in [4.78, 5) is 22.9. The van der Waals surface area contributed by atoms with Crippen LogP contribution in [0.15, 0.2) is 12.1 Å². The summed E-state index contributed by atoms with van der Waals surface area (Å²) in [5.41, 5.74) is -0.451. The third-order valence-electron chi connectivity index (χ3n) is 2.10. The van der Waals surface area contributed by atoms with Gasteiger partial charge in [0.05, 0.1) is 18.2 Å². The van der Waals surface area contributed by atoms with Gasteiger partial charge in [-0.05, 0) is 12.1 Å². The van der Waals surface area contributed by atoms with E-state index >= 15 is 0 Å². The molecule has 0 amide bonds. The van der Waals surface area contributed by atoms with Gasteiger partial charge in [-0.3, -0.25) is 9.59 Å². The standard InChI is InChI=1S/C11H6ClF2NO3/c1-18-11(17)6(4-15)10(16)5-2-8(13)9(14)3-7(5)12/h2-3,6H,1H3. The van der Waals surface area contributed by atoms with Crippen molar-refractivity contribution in [1.82, 2.24) is 0 Å². The first-order valence-corrected chi connectivity index (χ1v) is 4.96. The number of methoxy groups -OCH3 is 1. The van der Waals surface area contributed by atoms with E-state index in [1.807, 2.05) is 0 Å². The predicted molar refractivity (Wildman–Crippen MR) is 56.8 cm³/mol. The Morgan fingerprint density at radius 2 is 1.94 bits per heavy atom. The molecule has 7 heteroatoms. The molecule has 0 radical (unpaired) electrons. The second-order valence-corrected chi connectivity index (χ2v) is 3.60. The summed E-state index contributed by atoms with van der Waals surface area (Å²) in [6, 6.07) is 2.54. The number of halogens is 3. The number of carbonyl (C=O) groups is 2. The van der Waals surface area contributed by atoms with E-state index in [2.05, 4.69) is 4.74 Å². The smallest absolute Gasteiger partial charge is 0.331 e. The maximum atomic E-state index is 13.0. The average molecular weight is 274 g/mol. The fourth-order valence-corrected chi connectivity index (χ4v) is 1.45. The summed E-state index contributed by atoms with van der Waals surface area (Å²) >= 11 is 5.56. The van der Waals surface area contributed by atoms with Crippen molar-refractivity contribution in [3.63, 3.8) is 0 Å². The molecule has 1 aromatic rings. The highest BCUT2D eigenvalue weighted by Gasteiger charge is 2.30. The van der Waals surface area contributed by atoms with Crippen molar-refractivity contribution in [2.75, 3.05) is 7.11 Å². The van der Waals surface area contributed by atoms with Gasteiger partial charge in [0.2, 0.25) is 5.92 Å². The Labute approximate surface area is 106 Å². The molecular formula is C11H6ClF2NO3. The minimum Gasteiger partial charge on any atom is -0.468 e. The molecule has 0 aliphatic heterocycles. The Hall–Kier alpha value is -2.00. The molecule has 0 spiro atoms. The molecule has 0 saturated carbocycles. The first kappa shape index (κ1) is 14.1. The number of nitriles is 1. The molecule has 0 N–H and O–H groups in total. The minimum atomic E-state index is -1.77. The fourth-order valence-electron chi connectivity index (χ4n) is 1.20. The lowest BCUT2D eigenvalue weighted by molar-refractivity contribution is -0.141. The Kier molecular flexibility index (Phi) is 4.34. The molecule has 1 rings (SSSR count). The molecule has 0 aliphatic carbocycles. The van der Waals surface area contributed by atoms with Crippen molar-refractivity contribution in [3.05, 3.63) is 34.4 Å². The summed E-state index contributed by atoms with van der Waals surface area (Å²) in [5, 5.41) is 8.31. The van der Waals surface area contributed by atoms with Gasteiger partial charge in [-0.1, -0.05) is 11.6 Å². The molecule has 0 aliphatic rings. The zero-order chi connectivity index (χ0) is 13.9. The van der Waals surface area contributed by atoms with Crippen LogP contribution in [0, 0.1) is 28.9 Å². The second kappa shape index (κ2) is 5.56. The number of nitrogens with zero attached hydrogens (tertiary/aromatic N) is 1. The quantitative estimate of drug-likeness (QED) is 0.366. The summed E-state index contributed by atoms with van der Waals surface area (Å²) in [7, 11) is 0.993. The molecule has 0 saturated heterocycles. The molecule has 1 atom stereocenters. The molecule has 1 unspecified atom stereocenters. The zero-order valence-corrected chi connectivity index (χ0v) is 9.79. The van der Waals surface area contributed by atoms with E-state index in [0.29, 0.717) is 12.1 Å². The van der Waals surface area contributed by atoms with Gasteiger partial charge in [-0.15, -0.1) is 0 Å². The van der Waals surface area contributed by atoms with E-state index in [9.17, 15) is 18.4 Å². The molecule has 0 fully saturated rings. The monoisotopic (exact) mass is 273 g/mol. The lowest BCUT2D eigenvalue weighted by atomic mass is 9.99. The number of benzene rings is 1. The number of rotatable bonds is 3. The lowest BCUT2D eigenvalue weighted by Crippen LogP contribution is -2.24. The van der Waals surface area contributed by atoms with Gasteiger partial charge in [0.1, 0.15) is 0 Å². The van der Waals surface area contributed by atoms with E-state index in [1.54, 1.807) is 0 Å². The minimum absolute atomic E-state index is 0.386. The summed E-state index contributed by atoms with van der Waals surface area (Å²) in [6.07, 6.45) is 0. The third-order valence-corrected chi connectivity index (χ3v) is 2.42. The molecule has 1 aromatic carbocycles. The Balaban J connectivity index is 3.23. The zero-order valence-electron chi connectivity index (χ0n) is 9.04. The Morgan fingerprint density at radius 1 is 1.39 bits per heavy atom. The van der Waals surface area contributed by atoms with Crippen LogP contribution in [0.5, 0.6) is 0 Å². The average Bonchev–Trinajstić information content (AvgIpc) is 2.34.